The summed E-state index contributed by atoms with van der Waals surface area (Å²) in [5.41, 5.74) is 0.156. The quantitative estimate of drug-likeness (QED) is 0.206. The number of nitrogens with zero attached hydrogens (tertiary/aromatic N) is 1. The van der Waals surface area contributed by atoms with Gasteiger partial charge in [-0.2, -0.15) is 0 Å². The molecule has 0 spiro atoms. The summed E-state index contributed by atoms with van der Waals surface area (Å²) in [5, 5.41) is 10.8. The molecular formula is C15H20INO4. The number of carbonyl (C=O) groups excluding carboxylic acids is 1. The predicted molar refractivity (Wildman–Crippen MR) is 89.4 cm³/mol. The van der Waals surface area contributed by atoms with Crippen molar-refractivity contribution in [2.24, 2.45) is 0 Å². The van der Waals surface area contributed by atoms with Crippen molar-refractivity contribution in [2.75, 3.05) is 0 Å². The van der Waals surface area contributed by atoms with Crippen LogP contribution in [0, 0.1) is 13.7 Å². The van der Waals surface area contributed by atoms with E-state index in [9.17, 15) is 14.9 Å². The summed E-state index contributed by atoms with van der Waals surface area (Å²) < 4.78 is 6.02. The number of hydrogen-bond donors (Lipinski definition) is 0. The minimum absolute atomic E-state index is 0.0991. The summed E-state index contributed by atoms with van der Waals surface area (Å²) in [6.45, 7) is 4.00. The molecule has 0 aliphatic rings. The van der Waals surface area contributed by atoms with Crippen molar-refractivity contribution >= 4 is 34.2 Å². The average Bonchev–Trinajstić information content (AvgIpc) is 2.43. The van der Waals surface area contributed by atoms with E-state index >= 15 is 0 Å². The summed E-state index contributed by atoms with van der Waals surface area (Å²) >= 11 is 1.98. The van der Waals surface area contributed by atoms with E-state index in [4.69, 9.17) is 4.74 Å². The molecule has 6 heteroatoms. The Labute approximate surface area is 138 Å². The highest BCUT2D eigenvalue weighted by molar-refractivity contribution is 14.1. The number of non-ortho nitro benzene ring substituents is 1. The molecular weight excluding hydrogens is 385 g/mol. The number of esters is 1. The van der Waals surface area contributed by atoms with E-state index in [0.29, 0.717) is 3.57 Å². The minimum atomic E-state index is -0.513. The molecule has 0 heterocycles. The van der Waals surface area contributed by atoms with Crippen molar-refractivity contribution in [3.8, 4) is 0 Å². The third-order valence-electron chi connectivity index (χ3n) is 3.15. The van der Waals surface area contributed by atoms with Gasteiger partial charge in [0.05, 0.1) is 16.6 Å². The fourth-order valence-electron chi connectivity index (χ4n) is 1.95. The summed E-state index contributed by atoms with van der Waals surface area (Å²) in [5.74, 6) is -0.494. The SMILES string of the molecule is CCCCCCC(C)OC(=O)c1cc([N+](=O)[O-])ccc1I. The van der Waals surface area contributed by atoms with E-state index in [1.54, 1.807) is 6.07 Å². The van der Waals surface area contributed by atoms with Crippen LogP contribution in [0.15, 0.2) is 18.2 Å². The predicted octanol–water partition coefficient (Wildman–Crippen LogP) is 4.72. The van der Waals surface area contributed by atoms with Gasteiger partial charge < -0.3 is 4.74 Å². The number of nitro groups is 1. The average molecular weight is 405 g/mol. The van der Waals surface area contributed by atoms with Gasteiger partial charge in [0, 0.05) is 15.7 Å². The summed E-state index contributed by atoms with van der Waals surface area (Å²) in [6, 6.07) is 4.21. The fourth-order valence-corrected chi connectivity index (χ4v) is 2.50. The molecule has 1 aromatic rings. The molecule has 0 N–H and O–H groups in total. The van der Waals surface area contributed by atoms with Crippen LogP contribution < -0.4 is 0 Å². The summed E-state index contributed by atoms with van der Waals surface area (Å²) in [6.07, 6.45) is 5.14. The second-order valence-electron chi connectivity index (χ2n) is 4.99. The zero-order chi connectivity index (χ0) is 15.8. The van der Waals surface area contributed by atoms with Crippen LogP contribution in [0.25, 0.3) is 0 Å². The standard InChI is InChI=1S/C15H20INO4/c1-3-4-5-6-7-11(2)21-15(18)13-10-12(17(19)20)8-9-14(13)16/h8-11H,3-7H2,1-2H3. The van der Waals surface area contributed by atoms with Gasteiger partial charge in [-0.15, -0.1) is 0 Å². The second kappa shape index (κ2) is 8.96. The molecule has 1 atom stereocenters. The highest BCUT2D eigenvalue weighted by atomic mass is 127. The molecule has 5 nitrogen and oxygen atoms in total. The smallest absolute Gasteiger partial charge is 0.339 e. The van der Waals surface area contributed by atoms with Gasteiger partial charge >= 0.3 is 5.97 Å². The van der Waals surface area contributed by atoms with Gasteiger partial charge in [0.1, 0.15) is 0 Å². The zero-order valence-corrected chi connectivity index (χ0v) is 14.5. The number of unbranched alkanes of at least 4 members (excludes halogenated alkanes) is 3. The first kappa shape index (κ1) is 17.9. The van der Waals surface area contributed by atoms with Gasteiger partial charge in [-0.1, -0.05) is 26.2 Å². The van der Waals surface area contributed by atoms with Crippen molar-refractivity contribution in [3.05, 3.63) is 37.4 Å². The Morgan fingerprint density at radius 1 is 1.38 bits per heavy atom. The van der Waals surface area contributed by atoms with Crippen molar-refractivity contribution in [1.82, 2.24) is 0 Å². The first-order valence-corrected chi connectivity index (χ1v) is 8.18. The van der Waals surface area contributed by atoms with Crippen LogP contribution in [0.4, 0.5) is 5.69 Å². The van der Waals surface area contributed by atoms with Gasteiger partial charge in [0.15, 0.2) is 0 Å². The van der Waals surface area contributed by atoms with E-state index in [0.717, 1.165) is 19.3 Å². The third kappa shape index (κ3) is 5.99. The Morgan fingerprint density at radius 3 is 2.71 bits per heavy atom. The largest absolute Gasteiger partial charge is 0.459 e. The number of benzene rings is 1. The Morgan fingerprint density at radius 2 is 2.10 bits per heavy atom. The number of carbonyl (C=O) groups is 1. The lowest BCUT2D eigenvalue weighted by Gasteiger charge is -2.13. The van der Waals surface area contributed by atoms with Gasteiger partial charge in [0.25, 0.3) is 5.69 Å². The maximum atomic E-state index is 12.1. The van der Waals surface area contributed by atoms with Crippen LogP contribution in [-0.2, 0) is 4.74 Å². The molecule has 1 unspecified atom stereocenters. The van der Waals surface area contributed by atoms with Crippen LogP contribution in [0.2, 0.25) is 0 Å². The van der Waals surface area contributed by atoms with Crippen LogP contribution in [0.1, 0.15) is 56.3 Å². The minimum Gasteiger partial charge on any atom is -0.459 e. The van der Waals surface area contributed by atoms with E-state index in [1.165, 1.54) is 25.0 Å². The van der Waals surface area contributed by atoms with Crippen LogP contribution in [0.3, 0.4) is 0 Å². The van der Waals surface area contributed by atoms with Crippen LogP contribution in [-0.4, -0.2) is 17.0 Å². The highest BCUT2D eigenvalue weighted by Gasteiger charge is 2.18. The van der Waals surface area contributed by atoms with Crippen molar-refractivity contribution < 1.29 is 14.5 Å². The molecule has 0 aliphatic carbocycles. The van der Waals surface area contributed by atoms with E-state index < -0.39 is 10.9 Å². The molecule has 0 aromatic heterocycles. The van der Waals surface area contributed by atoms with Crippen LogP contribution >= 0.6 is 22.6 Å². The van der Waals surface area contributed by atoms with Gasteiger partial charge in [-0.3, -0.25) is 10.1 Å². The van der Waals surface area contributed by atoms with Crippen LogP contribution in [0.5, 0.6) is 0 Å². The summed E-state index contributed by atoms with van der Waals surface area (Å²) in [4.78, 5) is 22.3. The molecule has 0 radical (unpaired) electrons. The molecule has 0 bridgehead atoms. The van der Waals surface area contributed by atoms with Crippen molar-refractivity contribution in [1.29, 1.82) is 0 Å². The second-order valence-corrected chi connectivity index (χ2v) is 6.15. The molecule has 0 saturated heterocycles. The van der Waals surface area contributed by atoms with Gasteiger partial charge in [0.2, 0.25) is 0 Å². The Kier molecular flexibility index (Phi) is 7.63. The lowest BCUT2D eigenvalue weighted by Crippen LogP contribution is -2.16. The Hall–Kier alpha value is -1.18. The monoisotopic (exact) mass is 405 g/mol. The van der Waals surface area contributed by atoms with Crippen molar-refractivity contribution in [3.63, 3.8) is 0 Å². The lowest BCUT2D eigenvalue weighted by atomic mass is 10.1. The maximum absolute atomic E-state index is 12.1. The zero-order valence-electron chi connectivity index (χ0n) is 12.3. The number of rotatable bonds is 8. The topological polar surface area (TPSA) is 69.4 Å². The fraction of sp³-hybridized carbons (Fsp3) is 0.533. The molecule has 1 aromatic carbocycles. The Balaban J connectivity index is 2.62. The molecule has 21 heavy (non-hydrogen) atoms. The third-order valence-corrected chi connectivity index (χ3v) is 4.09. The number of nitro benzene ring substituents is 1. The lowest BCUT2D eigenvalue weighted by molar-refractivity contribution is -0.384. The molecule has 0 fully saturated rings. The maximum Gasteiger partial charge on any atom is 0.339 e. The molecule has 1 rings (SSSR count). The number of hydrogen-bond acceptors (Lipinski definition) is 4. The van der Waals surface area contributed by atoms with E-state index in [-0.39, 0.29) is 17.4 Å². The first-order chi connectivity index (χ1) is 9.95. The normalized spacial score (nSPS) is 12.0. The van der Waals surface area contributed by atoms with Gasteiger partial charge in [-0.25, -0.2) is 4.79 Å². The molecule has 116 valence electrons. The van der Waals surface area contributed by atoms with Gasteiger partial charge in [-0.05, 0) is 48.4 Å². The molecule has 0 amide bonds. The van der Waals surface area contributed by atoms with E-state index in [1.807, 2.05) is 29.5 Å². The highest BCUT2D eigenvalue weighted by Crippen LogP contribution is 2.21. The molecule has 0 saturated carbocycles. The van der Waals surface area contributed by atoms with E-state index in [2.05, 4.69) is 6.92 Å². The number of ether oxygens (including phenoxy) is 1. The Bertz CT molecular complexity index is 504. The molecule has 0 aliphatic heterocycles. The first-order valence-electron chi connectivity index (χ1n) is 7.10. The number of halogens is 1. The van der Waals surface area contributed by atoms with Crippen molar-refractivity contribution in [2.45, 2.75) is 52.1 Å². The summed E-state index contributed by atoms with van der Waals surface area (Å²) in [7, 11) is 0.